The van der Waals surface area contributed by atoms with Crippen LogP contribution in [0.15, 0.2) is 0 Å². The third-order valence-corrected chi connectivity index (χ3v) is 2.66. The highest BCUT2D eigenvalue weighted by Crippen LogP contribution is 2.16. The minimum Gasteiger partial charge on any atom is -0.389 e. The molecule has 0 radical (unpaired) electrons. The van der Waals surface area contributed by atoms with E-state index in [9.17, 15) is 9.90 Å². The van der Waals surface area contributed by atoms with Crippen LogP contribution < -0.4 is 5.73 Å². The van der Waals surface area contributed by atoms with Gasteiger partial charge in [0.1, 0.15) is 0 Å². The first-order valence-electron chi connectivity index (χ1n) is 5.43. The van der Waals surface area contributed by atoms with E-state index in [-0.39, 0.29) is 5.91 Å². The first-order valence-corrected chi connectivity index (χ1v) is 5.43. The van der Waals surface area contributed by atoms with Crippen LogP contribution in [0.25, 0.3) is 0 Å². The molecule has 0 unspecified atom stereocenters. The van der Waals surface area contributed by atoms with Crippen molar-refractivity contribution < 1.29 is 9.90 Å². The molecule has 15 heavy (non-hydrogen) atoms. The molecule has 1 amide bonds. The van der Waals surface area contributed by atoms with Gasteiger partial charge in [-0.15, -0.1) is 0 Å². The van der Waals surface area contributed by atoms with Crippen molar-refractivity contribution in [3.05, 3.63) is 0 Å². The Bertz CT molecular complexity index is 217. The van der Waals surface area contributed by atoms with E-state index in [0.29, 0.717) is 19.4 Å². The average Bonchev–Trinajstić information content (AvgIpc) is 2.12. The van der Waals surface area contributed by atoms with Crippen LogP contribution in [0.5, 0.6) is 0 Å². The van der Waals surface area contributed by atoms with Crippen molar-refractivity contribution in [3.8, 4) is 0 Å². The molecule has 90 valence electrons. The normalized spacial score (nSPS) is 12.7. The van der Waals surface area contributed by atoms with Crippen LogP contribution in [-0.2, 0) is 4.79 Å². The minimum absolute atomic E-state index is 0.102. The Morgan fingerprint density at radius 2 is 1.73 bits per heavy atom. The maximum Gasteiger partial charge on any atom is 0.242 e. The Labute approximate surface area is 92.4 Å². The summed E-state index contributed by atoms with van der Waals surface area (Å²) < 4.78 is 0. The number of nitrogens with two attached hydrogens (primary N) is 1. The summed E-state index contributed by atoms with van der Waals surface area (Å²) >= 11 is 0. The van der Waals surface area contributed by atoms with E-state index in [2.05, 4.69) is 0 Å². The molecule has 4 nitrogen and oxygen atoms in total. The van der Waals surface area contributed by atoms with Gasteiger partial charge in [-0.05, 0) is 26.7 Å². The molecule has 0 atom stereocenters. The molecule has 0 spiro atoms. The second kappa shape index (κ2) is 4.94. The fourth-order valence-corrected chi connectivity index (χ4v) is 1.58. The largest absolute Gasteiger partial charge is 0.389 e. The monoisotopic (exact) mass is 216 g/mol. The summed E-state index contributed by atoms with van der Waals surface area (Å²) in [5.74, 6) is -0.102. The SMILES string of the molecule is CCC(N)(CC)C(=O)N(C)CC(C)(C)O. The van der Waals surface area contributed by atoms with Crippen LogP contribution in [0.2, 0.25) is 0 Å². The van der Waals surface area contributed by atoms with Crippen molar-refractivity contribution in [2.75, 3.05) is 13.6 Å². The highest BCUT2D eigenvalue weighted by atomic mass is 16.3. The van der Waals surface area contributed by atoms with Crippen LogP contribution in [0, 0.1) is 0 Å². The van der Waals surface area contributed by atoms with E-state index in [1.807, 2.05) is 13.8 Å². The summed E-state index contributed by atoms with van der Waals surface area (Å²) in [6.07, 6.45) is 1.22. The molecular formula is C11H24N2O2. The summed E-state index contributed by atoms with van der Waals surface area (Å²) in [7, 11) is 1.67. The van der Waals surface area contributed by atoms with E-state index in [4.69, 9.17) is 5.73 Å². The van der Waals surface area contributed by atoms with Gasteiger partial charge in [0.15, 0.2) is 0 Å². The molecule has 0 fully saturated rings. The Balaban J connectivity index is 4.57. The van der Waals surface area contributed by atoms with Crippen LogP contribution in [0.3, 0.4) is 0 Å². The molecule has 0 aliphatic rings. The van der Waals surface area contributed by atoms with E-state index in [0.717, 1.165) is 0 Å². The number of carbonyl (C=O) groups excluding carboxylic acids is 1. The molecule has 0 aromatic carbocycles. The molecule has 0 bridgehead atoms. The molecule has 0 aromatic rings. The lowest BCUT2D eigenvalue weighted by Crippen LogP contribution is -2.55. The number of rotatable bonds is 5. The zero-order valence-corrected chi connectivity index (χ0v) is 10.5. The van der Waals surface area contributed by atoms with E-state index >= 15 is 0 Å². The van der Waals surface area contributed by atoms with Gasteiger partial charge in [-0.3, -0.25) is 4.79 Å². The van der Waals surface area contributed by atoms with Crippen molar-refractivity contribution in [2.45, 2.75) is 51.7 Å². The van der Waals surface area contributed by atoms with E-state index in [1.54, 1.807) is 20.9 Å². The third-order valence-electron chi connectivity index (χ3n) is 2.66. The Kier molecular flexibility index (Phi) is 4.74. The number of amides is 1. The van der Waals surface area contributed by atoms with E-state index in [1.165, 1.54) is 4.90 Å². The molecule has 0 rings (SSSR count). The summed E-state index contributed by atoms with van der Waals surface area (Å²) in [5, 5.41) is 9.61. The molecule has 3 N–H and O–H groups in total. The number of aliphatic hydroxyl groups is 1. The Morgan fingerprint density at radius 3 is 2.00 bits per heavy atom. The Hall–Kier alpha value is -0.610. The maximum atomic E-state index is 12.0. The fraction of sp³-hybridized carbons (Fsp3) is 0.909. The van der Waals surface area contributed by atoms with Crippen LogP contribution >= 0.6 is 0 Å². The smallest absolute Gasteiger partial charge is 0.242 e. The van der Waals surface area contributed by atoms with Gasteiger partial charge in [0.2, 0.25) is 5.91 Å². The van der Waals surface area contributed by atoms with Gasteiger partial charge >= 0.3 is 0 Å². The number of nitrogens with zero attached hydrogens (tertiary/aromatic N) is 1. The first-order chi connectivity index (χ1) is 6.66. The average molecular weight is 216 g/mol. The Morgan fingerprint density at radius 1 is 1.33 bits per heavy atom. The van der Waals surface area contributed by atoms with Crippen molar-refractivity contribution in [1.82, 2.24) is 4.90 Å². The van der Waals surface area contributed by atoms with Crippen molar-refractivity contribution in [1.29, 1.82) is 0 Å². The topological polar surface area (TPSA) is 66.6 Å². The molecule has 0 saturated carbocycles. The molecule has 0 aliphatic heterocycles. The quantitative estimate of drug-likeness (QED) is 0.712. The van der Waals surface area contributed by atoms with Gasteiger partial charge in [0, 0.05) is 13.6 Å². The highest BCUT2D eigenvalue weighted by Gasteiger charge is 2.34. The minimum atomic E-state index is -0.882. The van der Waals surface area contributed by atoms with Crippen LogP contribution in [0.4, 0.5) is 0 Å². The molecular weight excluding hydrogens is 192 g/mol. The van der Waals surface area contributed by atoms with Crippen molar-refractivity contribution in [2.24, 2.45) is 5.73 Å². The first kappa shape index (κ1) is 14.4. The predicted molar refractivity (Wildman–Crippen MR) is 61.4 cm³/mol. The van der Waals surface area contributed by atoms with Crippen molar-refractivity contribution in [3.63, 3.8) is 0 Å². The van der Waals surface area contributed by atoms with Gasteiger partial charge in [-0.2, -0.15) is 0 Å². The summed E-state index contributed by atoms with van der Waals surface area (Å²) in [4.78, 5) is 13.5. The molecule has 0 aliphatic carbocycles. The molecule has 0 heterocycles. The maximum absolute atomic E-state index is 12.0. The highest BCUT2D eigenvalue weighted by molar-refractivity contribution is 5.85. The van der Waals surface area contributed by atoms with Crippen LogP contribution in [-0.4, -0.2) is 40.6 Å². The number of likely N-dealkylation sites (N-methyl/N-ethyl adjacent to an activating group) is 1. The second-order valence-electron chi connectivity index (χ2n) is 4.84. The predicted octanol–water partition coefficient (Wildman–Crippen LogP) is 0.733. The number of carbonyl (C=O) groups is 1. The second-order valence-corrected chi connectivity index (χ2v) is 4.84. The van der Waals surface area contributed by atoms with Gasteiger partial charge in [0.05, 0.1) is 11.1 Å². The number of hydrogen-bond acceptors (Lipinski definition) is 3. The lowest BCUT2D eigenvalue weighted by atomic mass is 9.92. The summed E-state index contributed by atoms with van der Waals surface area (Å²) in [5.41, 5.74) is 4.31. The zero-order valence-electron chi connectivity index (χ0n) is 10.5. The molecule has 0 aromatic heterocycles. The lowest BCUT2D eigenvalue weighted by Gasteiger charge is -2.33. The third kappa shape index (κ3) is 4.18. The number of hydrogen-bond donors (Lipinski definition) is 2. The van der Waals surface area contributed by atoms with Gasteiger partial charge in [0.25, 0.3) is 0 Å². The molecule has 4 heteroatoms. The standard InChI is InChI=1S/C11H24N2O2/c1-6-11(12,7-2)9(14)13(5)8-10(3,4)15/h15H,6-8,12H2,1-5H3. The fourth-order valence-electron chi connectivity index (χ4n) is 1.58. The zero-order chi connectivity index (χ0) is 12.3. The van der Waals surface area contributed by atoms with Gasteiger partial charge in [-0.1, -0.05) is 13.8 Å². The van der Waals surface area contributed by atoms with Gasteiger partial charge in [-0.25, -0.2) is 0 Å². The van der Waals surface area contributed by atoms with Gasteiger partial charge < -0.3 is 15.7 Å². The lowest BCUT2D eigenvalue weighted by molar-refractivity contribution is -0.138. The molecule has 0 saturated heterocycles. The summed E-state index contributed by atoms with van der Waals surface area (Å²) in [6.45, 7) is 7.45. The van der Waals surface area contributed by atoms with Crippen molar-refractivity contribution >= 4 is 5.91 Å². The van der Waals surface area contributed by atoms with E-state index < -0.39 is 11.1 Å². The summed E-state index contributed by atoms with van der Waals surface area (Å²) in [6, 6.07) is 0. The van der Waals surface area contributed by atoms with Crippen LogP contribution in [0.1, 0.15) is 40.5 Å².